The minimum Gasteiger partial charge on any atom is -0.354 e. The number of nitro groups is 1. The minimum absolute atomic E-state index is 0.0871. The number of hydrogen-bond acceptors (Lipinski definition) is 3. The van der Waals surface area contributed by atoms with Crippen molar-refractivity contribution in [2.24, 2.45) is 4.99 Å². The lowest BCUT2D eigenvalue weighted by Gasteiger charge is -2.20. The summed E-state index contributed by atoms with van der Waals surface area (Å²) in [7, 11) is 0. The van der Waals surface area contributed by atoms with Crippen molar-refractivity contribution in [2.75, 3.05) is 0 Å². The largest absolute Gasteiger partial charge is 0.354 e. The summed E-state index contributed by atoms with van der Waals surface area (Å²) in [6.45, 7) is 6.63. The van der Waals surface area contributed by atoms with Gasteiger partial charge >= 0.3 is 0 Å². The number of rotatable bonds is 6. The zero-order valence-electron chi connectivity index (χ0n) is 14.8. The molecule has 0 amide bonds. The fourth-order valence-electron chi connectivity index (χ4n) is 2.33. The molecule has 25 heavy (non-hydrogen) atoms. The van der Waals surface area contributed by atoms with Gasteiger partial charge in [0.05, 0.1) is 17.5 Å². The van der Waals surface area contributed by atoms with Gasteiger partial charge in [0.15, 0.2) is 5.96 Å². The van der Waals surface area contributed by atoms with Crippen LogP contribution in [0.3, 0.4) is 0 Å². The van der Waals surface area contributed by atoms with Crippen molar-refractivity contribution in [3.63, 3.8) is 0 Å². The molecule has 0 saturated carbocycles. The standard InChI is InChI=1S/C19H24N4O2/c1-14(2)21-19(22-15(3)17-7-5-4-6-8-17)20-13-16-9-11-18(12-10-16)23(24)25/h4-12,14-15H,13H2,1-3H3,(H2,20,21,22). The number of benzene rings is 2. The Morgan fingerprint density at radius 2 is 1.68 bits per heavy atom. The second-order valence-electron chi connectivity index (χ2n) is 6.16. The number of non-ortho nitro benzene ring substituents is 1. The minimum atomic E-state index is -0.401. The molecule has 0 aliphatic rings. The molecule has 6 heteroatoms. The summed E-state index contributed by atoms with van der Waals surface area (Å²) in [6, 6.07) is 17.0. The van der Waals surface area contributed by atoms with Gasteiger partial charge in [0.25, 0.3) is 5.69 Å². The molecule has 132 valence electrons. The van der Waals surface area contributed by atoms with Crippen LogP contribution in [-0.2, 0) is 6.54 Å². The monoisotopic (exact) mass is 340 g/mol. The predicted molar refractivity (Wildman–Crippen MR) is 100 cm³/mol. The topological polar surface area (TPSA) is 79.6 Å². The first-order chi connectivity index (χ1) is 12.0. The molecular weight excluding hydrogens is 316 g/mol. The van der Waals surface area contributed by atoms with E-state index in [1.54, 1.807) is 12.1 Å². The van der Waals surface area contributed by atoms with Crippen LogP contribution in [0.25, 0.3) is 0 Å². The van der Waals surface area contributed by atoms with E-state index in [1.807, 2.05) is 18.2 Å². The number of aliphatic imine (C=N–C) groups is 1. The molecule has 2 rings (SSSR count). The highest BCUT2D eigenvalue weighted by atomic mass is 16.6. The summed E-state index contributed by atoms with van der Waals surface area (Å²) in [4.78, 5) is 14.9. The molecule has 0 fully saturated rings. The van der Waals surface area contributed by atoms with Crippen LogP contribution in [0.5, 0.6) is 0 Å². The summed E-state index contributed by atoms with van der Waals surface area (Å²) < 4.78 is 0. The maximum atomic E-state index is 10.7. The highest BCUT2D eigenvalue weighted by Crippen LogP contribution is 2.13. The van der Waals surface area contributed by atoms with Gasteiger partial charge in [-0.25, -0.2) is 4.99 Å². The van der Waals surface area contributed by atoms with Crippen molar-refractivity contribution in [1.29, 1.82) is 0 Å². The van der Waals surface area contributed by atoms with Crippen LogP contribution in [0.2, 0.25) is 0 Å². The van der Waals surface area contributed by atoms with Crippen molar-refractivity contribution < 1.29 is 4.92 Å². The zero-order chi connectivity index (χ0) is 18.2. The first kappa shape index (κ1) is 18.4. The quantitative estimate of drug-likeness (QED) is 0.363. The number of nitro benzene ring substituents is 1. The van der Waals surface area contributed by atoms with Gasteiger partial charge in [-0.05, 0) is 31.9 Å². The van der Waals surface area contributed by atoms with Crippen LogP contribution in [-0.4, -0.2) is 16.9 Å². The SMILES string of the molecule is CC(C)NC(=NCc1ccc([N+](=O)[O-])cc1)NC(C)c1ccccc1. The second kappa shape index (κ2) is 8.82. The molecule has 0 spiro atoms. The Balaban J connectivity index is 2.07. The van der Waals surface area contributed by atoms with Crippen molar-refractivity contribution in [3.8, 4) is 0 Å². The van der Waals surface area contributed by atoms with E-state index in [4.69, 9.17) is 0 Å². The molecule has 0 aliphatic heterocycles. The molecule has 1 unspecified atom stereocenters. The maximum absolute atomic E-state index is 10.7. The Bertz CT molecular complexity index is 712. The van der Waals surface area contributed by atoms with Crippen LogP contribution < -0.4 is 10.6 Å². The summed E-state index contributed by atoms with van der Waals surface area (Å²) in [6.07, 6.45) is 0. The summed E-state index contributed by atoms with van der Waals surface area (Å²) in [5.74, 6) is 0.713. The molecule has 0 saturated heterocycles. The van der Waals surface area contributed by atoms with Crippen LogP contribution in [0.1, 0.15) is 37.9 Å². The lowest BCUT2D eigenvalue weighted by molar-refractivity contribution is -0.384. The van der Waals surface area contributed by atoms with Crippen molar-refractivity contribution in [3.05, 3.63) is 75.8 Å². The van der Waals surface area contributed by atoms with Crippen LogP contribution in [0.15, 0.2) is 59.6 Å². The van der Waals surface area contributed by atoms with Gasteiger partial charge in [-0.2, -0.15) is 0 Å². The van der Waals surface area contributed by atoms with Gasteiger partial charge in [0.1, 0.15) is 0 Å². The Morgan fingerprint density at radius 1 is 1.04 bits per heavy atom. The van der Waals surface area contributed by atoms with Crippen LogP contribution in [0, 0.1) is 10.1 Å². The molecule has 6 nitrogen and oxygen atoms in total. The van der Waals surface area contributed by atoms with Gasteiger partial charge in [-0.3, -0.25) is 10.1 Å². The lowest BCUT2D eigenvalue weighted by Crippen LogP contribution is -2.42. The molecule has 2 aromatic rings. The maximum Gasteiger partial charge on any atom is 0.269 e. The highest BCUT2D eigenvalue weighted by molar-refractivity contribution is 5.80. The summed E-state index contributed by atoms with van der Waals surface area (Å²) >= 11 is 0. The molecule has 2 aromatic carbocycles. The van der Waals surface area contributed by atoms with Crippen molar-refractivity contribution in [2.45, 2.75) is 39.4 Å². The van der Waals surface area contributed by atoms with Crippen LogP contribution in [0.4, 0.5) is 5.69 Å². The van der Waals surface area contributed by atoms with Crippen molar-refractivity contribution in [1.82, 2.24) is 10.6 Å². The third kappa shape index (κ3) is 5.91. The molecule has 0 aromatic heterocycles. The van der Waals surface area contributed by atoms with Gasteiger partial charge in [-0.1, -0.05) is 42.5 Å². The highest BCUT2D eigenvalue weighted by Gasteiger charge is 2.09. The first-order valence-corrected chi connectivity index (χ1v) is 8.31. The predicted octanol–water partition coefficient (Wildman–Crippen LogP) is 3.80. The van der Waals surface area contributed by atoms with E-state index in [0.717, 1.165) is 5.56 Å². The smallest absolute Gasteiger partial charge is 0.269 e. The number of hydrogen-bond donors (Lipinski definition) is 2. The first-order valence-electron chi connectivity index (χ1n) is 8.31. The fourth-order valence-corrected chi connectivity index (χ4v) is 2.33. The molecular formula is C19H24N4O2. The van der Waals surface area contributed by atoms with E-state index in [-0.39, 0.29) is 17.8 Å². The van der Waals surface area contributed by atoms with Crippen molar-refractivity contribution >= 4 is 11.6 Å². The fraction of sp³-hybridized carbons (Fsp3) is 0.316. The number of guanidine groups is 1. The summed E-state index contributed by atoms with van der Waals surface area (Å²) in [5, 5.41) is 17.4. The van der Waals surface area contributed by atoms with E-state index < -0.39 is 4.92 Å². The number of nitrogens with zero attached hydrogens (tertiary/aromatic N) is 2. The van der Waals surface area contributed by atoms with Gasteiger partial charge in [0.2, 0.25) is 0 Å². The van der Waals surface area contributed by atoms with Gasteiger partial charge in [0, 0.05) is 18.2 Å². The molecule has 1 atom stereocenters. The number of nitrogens with one attached hydrogen (secondary N) is 2. The summed E-state index contributed by atoms with van der Waals surface area (Å²) in [5.41, 5.74) is 2.18. The van der Waals surface area contributed by atoms with Gasteiger partial charge in [-0.15, -0.1) is 0 Å². The average molecular weight is 340 g/mol. The van der Waals surface area contributed by atoms with Crippen LogP contribution >= 0.6 is 0 Å². The van der Waals surface area contributed by atoms with E-state index in [1.165, 1.54) is 17.7 Å². The average Bonchev–Trinajstić information content (AvgIpc) is 2.60. The Hall–Kier alpha value is -2.89. The third-order valence-electron chi connectivity index (χ3n) is 3.65. The van der Waals surface area contributed by atoms with E-state index >= 15 is 0 Å². The lowest BCUT2D eigenvalue weighted by atomic mass is 10.1. The Kier molecular flexibility index (Phi) is 6.51. The molecule has 0 aliphatic carbocycles. The molecule has 0 bridgehead atoms. The normalized spacial score (nSPS) is 12.7. The zero-order valence-corrected chi connectivity index (χ0v) is 14.8. The molecule has 0 radical (unpaired) electrons. The third-order valence-corrected chi connectivity index (χ3v) is 3.65. The molecule has 0 heterocycles. The molecule has 2 N–H and O–H groups in total. The van der Waals surface area contributed by atoms with E-state index in [2.05, 4.69) is 48.5 Å². The van der Waals surface area contributed by atoms with E-state index in [9.17, 15) is 10.1 Å². The van der Waals surface area contributed by atoms with Gasteiger partial charge < -0.3 is 10.6 Å². The Morgan fingerprint density at radius 3 is 2.24 bits per heavy atom. The van der Waals surface area contributed by atoms with E-state index in [0.29, 0.717) is 12.5 Å². The Labute approximate surface area is 148 Å². The second-order valence-corrected chi connectivity index (χ2v) is 6.16.